The van der Waals surface area contributed by atoms with E-state index in [9.17, 15) is 4.39 Å². The van der Waals surface area contributed by atoms with E-state index in [1.165, 1.54) is 28.8 Å². The first kappa shape index (κ1) is 15.7. The molecule has 1 nitrogen and oxygen atoms in total. The Hall–Kier alpha value is -1.67. The molecule has 2 heteroatoms. The predicted molar refractivity (Wildman–Crippen MR) is 87.3 cm³/mol. The van der Waals surface area contributed by atoms with Gasteiger partial charge in [-0.2, -0.15) is 0 Å². The van der Waals surface area contributed by atoms with E-state index in [0.29, 0.717) is 0 Å². The predicted octanol–water partition coefficient (Wildman–Crippen LogP) is 4.13. The summed E-state index contributed by atoms with van der Waals surface area (Å²) in [6.45, 7) is 3.20. The summed E-state index contributed by atoms with van der Waals surface area (Å²) in [5.74, 6) is -0.173. The van der Waals surface area contributed by atoms with Crippen molar-refractivity contribution in [3.8, 4) is 0 Å². The van der Waals surface area contributed by atoms with E-state index in [2.05, 4.69) is 30.4 Å². The lowest BCUT2D eigenvalue weighted by molar-refractivity contribution is 0.627. The van der Waals surface area contributed by atoms with E-state index in [1.807, 2.05) is 19.2 Å². The van der Waals surface area contributed by atoms with Crippen molar-refractivity contribution in [1.29, 1.82) is 0 Å². The average molecular weight is 285 g/mol. The van der Waals surface area contributed by atoms with Gasteiger partial charge in [0.25, 0.3) is 0 Å². The second kappa shape index (κ2) is 7.94. The Kier molecular flexibility index (Phi) is 5.94. The zero-order valence-corrected chi connectivity index (χ0v) is 13.0. The van der Waals surface area contributed by atoms with Crippen molar-refractivity contribution in [2.75, 3.05) is 13.6 Å². The largest absolute Gasteiger partial charge is 0.319 e. The van der Waals surface area contributed by atoms with E-state index < -0.39 is 0 Å². The Balaban J connectivity index is 2.19. The molecule has 0 unspecified atom stereocenters. The molecule has 0 amide bonds. The lowest BCUT2D eigenvalue weighted by Crippen LogP contribution is -2.10. The Morgan fingerprint density at radius 3 is 2.10 bits per heavy atom. The van der Waals surface area contributed by atoms with Crippen LogP contribution in [-0.4, -0.2) is 13.6 Å². The maximum Gasteiger partial charge on any atom is 0.123 e. The molecule has 2 aromatic carbocycles. The Morgan fingerprint density at radius 2 is 1.48 bits per heavy atom. The van der Waals surface area contributed by atoms with Crippen molar-refractivity contribution in [3.63, 3.8) is 0 Å². The van der Waals surface area contributed by atoms with Gasteiger partial charge in [0, 0.05) is 0 Å². The first-order valence-corrected chi connectivity index (χ1v) is 7.72. The van der Waals surface area contributed by atoms with Crippen LogP contribution in [0, 0.1) is 5.82 Å². The number of benzene rings is 2. The van der Waals surface area contributed by atoms with Crippen LogP contribution in [0.5, 0.6) is 0 Å². The molecule has 0 saturated heterocycles. The highest BCUT2D eigenvalue weighted by molar-refractivity contribution is 5.34. The highest BCUT2D eigenvalue weighted by Gasteiger charge is 2.03. The van der Waals surface area contributed by atoms with Crippen molar-refractivity contribution in [1.82, 2.24) is 5.32 Å². The van der Waals surface area contributed by atoms with Crippen LogP contribution in [-0.2, 0) is 19.3 Å². The molecule has 0 fully saturated rings. The minimum absolute atomic E-state index is 0.173. The first-order valence-electron chi connectivity index (χ1n) is 7.72. The number of hydrogen-bond acceptors (Lipinski definition) is 1. The van der Waals surface area contributed by atoms with Gasteiger partial charge < -0.3 is 5.32 Å². The van der Waals surface area contributed by atoms with Crippen LogP contribution < -0.4 is 5.32 Å². The fourth-order valence-corrected chi connectivity index (χ4v) is 2.63. The third kappa shape index (κ3) is 4.98. The third-order valence-electron chi connectivity index (χ3n) is 3.64. The molecular formula is C19H24FN. The van der Waals surface area contributed by atoms with E-state index >= 15 is 0 Å². The third-order valence-corrected chi connectivity index (χ3v) is 3.64. The molecule has 2 aromatic rings. The summed E-state index contributed by atoms with van der Waals surface area (Å²) in [5.41, 5.74) is 5.26. The minimum atomic E-state index is -0.173. The lowest BCUT2D eigenvalue weighted by Gasteiger charge is -2.10. The topological polar surface area (TPSA) is 12.0 Å². The lowest BCUT2D eigenvalue weighted by atomic mass is 9.97. The summed E-state index contributed by atoms with van der Waals surface area (Å²) in [7, 11) is 1.98. The van der Waals surface area contributed by atoms with Gasteiger partial charge in [-0.25, -0.2) is 4.39 Å². The summed E-state index contributed by atoms with van der Waals surface area (Å²) < 4.78 is 13.0. The number of hydrogen-bond donors (Lipinski definition) is 1. The quantitative estimate of drug-likeness (QED) is 0.806. The van der Waals surface area contributed by atoms with Gasteiger partial charge in [-0.05, 0) is 67.2 Å². The van der Waals surface area contributed by atoms with Gasteiger partial charge in [-0.1, -0.05) is 43.7 Å². The molecule has 0 aliphatic carbocycles. The van der Waals surface area contributed by atoms with E-state index in [0.717, 1.165) is 37.8 Å². The van der Waals surface area contributed by atoms with Gasteiger partial charge in [-0.3, -0.25) is 0 Å². The molecule has 0 radical (unpaired) electrons. The highest BCUT2D eigenvalue weighted by Crippen LogP contribution is 2.17. The van der Waals surface area contributed by atoms with Gasteiger partial charge in [0.05, 0.1) is 0 Å². The number of aryl methyl sites for hydroxylation is 1. The van der Waals surface area contributed by atoms with Gasteiger partial charge in [0.2, 0.25) is 0 Å². The summed E-state index contributed by atoms with van der Waals surface area (Å²) in [4.78, 5) is 0. The Morgan fingerprint density at radius 1 is 0.857 bits per heavy atom. The normalized spacial score (nSPS) is 10.8. The summed E-state index contributed by atoms with van der Waals surface area (Å²) in [6, 6.07) is 13.7. The standard InChI is InChI=1S/C19H24FN/c1-3-4-16-12-17(9-10-21-2)14-18(13-16)11-15-5-7-19(20)8-6-15/h5-8,12-14,21H,3-4,9-11H2,1-2H3. The van der Waals surface area contributed by atoms with Gasteiger partial charge >= 0.3 is 0 Å². The number of rotatable bonds is 7. The highest BCUT2D eigenvalue weighted by atomic mass is 19.1. The van der Waals surface area contributed by atoms with Crippen molar-refractivity contribution < 1.29 is 4.39 Å². The molecule has 112 valence electrons. The van der Waals surface area contributed by atoms with Crippen molar-refractivity contribution in [2.45, 2.75) is 32.6 Å². The number of halogens is 1. The van der Waals surface area contributed by atoms with Crippen LogP contribution in [0.25, 0.3) is 0 Å². The van der Waals surface area contributed by atoms with Crippen LogP contribution in [0.15, 0.2) is 42.5 Å². The van der Waals surface area contributed by atoms with Crippen LogP contribution in [0.4, 0.5) is 4.39 Å². The fraction of sp³-hybridized carbons (Fsp3) is 0.368. The second-order valence-electron chi connectivity index (χ2n) is 5.56. The van der Waals surface area contributed by atoms with Crippen LogP contribution in [0.3, 0.4) is 0 Å². The smallest absolute Gasteiger partial charge is 0.123 e. The Labute approximate surface area is 127 Å². The van der Waals surface area contributed by atoms with E-state index in [-0.39, 0.29) is 5.82 Å². The molecule has 0 aliphatic rings. The molecule has 0 spiro atoms. The van der Waals surface area contributed by atoms with Gasteiger partial charge in [0.15, 0.2) is 0 Å². The molecule has 2 rings (SSSR count). The van der Waals surface area contributed by atoms with E-state index in [4.69, 9.17) is 0 Å². The van der Waals surface area contributed by atoms with Gasteiger partial charge in [0.1, 0.15) is 5.82 Å². The summed E-state index contributed by atoms with van der Waals surface area (Å²) >= 11 is 0. The molecule has 0 saturated carbocycles. The van der Waals surface area contributed by atoms with Crippen LogP contribution in [0.2, 0.25) is 0 Å². The maximum absolute atomic E-state index is 13.0. The molecule has 0 atom stereocenters. The van der Waals surface area contributed by atoms with Crippen molar-refractivity contribution in [2.24, 2.45) is 0 Å². The molecular weight excluding hydrogens is 261 g/mol. The van der Waals surface area contributed by atoms with Crippen LogP contribution >= 0.6 is 0 Å². The van der Waals surface area contributed by atoms with Gasteiger partial charge in [-0.15, -0.1) is 0 Å². The zero-order chi connectivity index (χ0) is 15.1. The summed E-state index contributed by atoms with van der Waals surface area (Å²) in [6.07, 6.45) is 4.18. The SMILES string of the molecule is CCCc1cc(CCNC)cc(Cc2ccc(F)cc2)c1. The first-order chi connectivity index (χ1) is 10.2. The number of likely N-dealkylation sites (N-methyl/N-ethyl adjacent to an activating group) is 1. The molecule has 0 aromatic heterocycles. The fourth-order valence-electron chi connectivity index (χ4n) is 2.63. The van der Waals surface area contributed by atoms with Crippen molar-refractivity contribution >= 4 is 0 Å². The molecule has 1 N–H and O–H groups in total. The van der Waals surface area contributed by atoms with Crippen molar-refractivity contribution in [3.05, 3.63) is 70.5 Å². The second-order valence-corrected chi connectivity index (χ2v) is 5.56. The molecule has 0 bridgehead atoms. The maximum atomic E-state index is 13.0. The molecule has 0 aliphatic heterocycles. The van der Waals surface area contributed by atoms with Crippen LogP contribution in [0.1, 0.15) is 35.6 Å². The number of nitrogens with one attached hydrogen (secondary N) is 1. The molecule has 21 heavy (non-hydrogen) atoms. The van der Waals surface area contributed by atoms with E-state index in [1.54, 1.807) is 0 Å². The molecule has 0 heterocycles. The minimum Gasteiger partial charge on any atom is -0.319 e. The summed E-state index contributed by atoms with van der Waals surface area (Å²) in [5, 5.41) is 3.20. The zero-order valence-electron chi connectivity index (χ0n) is 13.0. The Bertz CT molecular complexity index is 560. The average Bonchev–Trinajstić information content (AvgIpc) is 2.48. The monoisotopic (exact) mass is 285 g/mol.